The number of hydrogen-bond acceptors (Lipinski definition) is 7. The molecule has 0 bridgehead atoms. The summed E-state index contributed by atoms with van der Waals surface area (Å²) in [6, 6.07) is 16.9. The molecule has 2 aromatic carbocycles. The monoisotopic (exact) mass is 418 g/mol. The van der Waals surface area contributed by atoms with Crippen LogP contribution in [-0.2, 0) is 9.53 Å². The van der Waals surface area contributed by atoms with E-state index in [1.165, 1.54) is 13.0 Å². The molecule has 1 unspecified atom stereocenters. The number of aryl methyl sites for hydroxylation is 1. The van der Waals surface area contributed by atoms with Gasteiger partial charge in [0.05, 0.1) is 11.1 Å². The van der Waals surface area contributed by atoms with Crippen LogP contribution in [0.1, 0.15) is 23.2 Å². The van der Waals surface area contributed by atoms with Crippen molar-refractivity contribution in [3.8, 4) is 5.69 Å². The highest BCUT2D eigenvalue weighted by Crippen LogP contribution is 2.17. The first-order valence-corrected chi connectivity index (χ1v) is 9.46. The van der Waals surface area contributed by atoms with E-state index in [0.29, 0.717) is 22.2 Å². The summed E-state index contributed by atoms with van der Waals surface area (Å²) >= 11 is 0. The number of carbonyl (C=O) groups is 2. The molecule has 0 aliphatic rings. The Bertz CT molecular complexity index is 1330. The molecule has 0 spiro atoms. The molecule has 1 atom stereocenters. The lowest BCUT2D eigenvalue weighted by molar-refractivity contribution is -0.123. The van der Waals surface area contributed by atoms with Crippen LogP contribution in [-0.4, -0.2) is 32.9 Å². The van der Waals surface area contributed by atoms with Gasteiger partial charge in [0.15, 0.2) is 17.6 Å². The van der Waals surface area contributed by atoms with Crippen molar-refractivity contribution in [3.05, 3.63) is 82.5 Å². The molecule has 2 aromatic heterocycles. The number of aromatic nitrogens is 3. The largest absolute Gasteiger partial charge is 0.448 e. The van der Waals surface area contributed by atoms with Crippen LogP contribution in [0.4, 0.5) is 5.82 Å². The molecule has 0 fully saturated rings. The molecule has 1 N–H and O–H groups in total. The minimum absolute atomic E-state index is 0.0732. The van der Waals surface area contributed by atoms with Crippen LogP contribution >= 0.6 is 0 Å². The number of para-hydroxylation sites is 1. The van der Waals surface area contributed by atoms with Gasteiger partial charge in [0.1, 0.15) is 5.76 Å². The second kappa shape index (κ2) is 8.23. The summed E-state index contributed by atoms with van der Waals surface area (Å²) in [5.41, 5.74) is 0.0565. The highest BCUT2D eigenvalue weighted by molar-refractivity contribution is 6.03. The number of esters is 1. The van der Waals surface area contributed by atoms with Gasteiger partial charge < -0.3 is 14.6 Å². The number of hydrogen-bond donors (Lipinski definition) is 1. The molecule has 156 valence electrons. The topological polar surface area (TPSA) is 116 Å². The molecule has 0 saturated heterocycles. The Hall–Kier alpha value is -4.27. The zero-order chi connectivity index (χ0) is 22.0. The van der Waals surface area contributed by atoms with Gasteiger partial charge in [0.2, 0.25) is 0 Å². The van der Waals surface area contributed by atoms with Crippen molar-refractivity contribution in [2.75, 3.05) is 5.32 Å². The van der Waals surface area contributed by atoms with Gasteiger partial charge in [-0.25, -0.2) is 4.79 Å². The fourth-order valence-corrected chi connectivity index (χ4v) is 3.01. The second-order valence-electron chi connectivity index (χ2n) is 6.81. The number of nitrogens with zero attached hydrogens (tertiary/aromatic N) is 3. The molecular formula is C22H18N4O5. The number of ether oxygens (including phenoxy) is 1. The van der Waals surface area contributed by atoms with Crippen molar-refractivity contribution < 1.29 is 18.8 Å². The Morgan fingerprint density at radius 1 is 1.06 bits per heavy atom. The lowest BCUT2D eigenvalue weighted by Crippen LogP contribution is -2.31. The van der Waals surface area contributed by atoms with Crippen molar-refractivity contribution in [3.63, 3.8) is 0 Å². The average molecular weight is 418 g/mol. The minimum atomic E-state index is -1.14. The highest BCUT2D eigenvalue weighted by Gasteiger charge is 2.24. The van der Waals surface area contributed by atoms with E-state index >= 15 is 0 Å². The summed E-state index contributed by atoms with van der Waals surface area (Å²) < 4.78 is 11.4. The zero-order valence-electron chi connectivity index (χ0n) is 16.7. The van der Waals surface area contributed by atoms with E-state index in [-0.39, 0.29) is 17.1 Å². The molecule has 0 aliphatic carbocycles. The van der Waals surface area contributed by atoms with Crippen molar-refractivity contribution in [1.29, 1.82) is 0 Å². The Morgan fingerprint density at radius 3 is 2.42 bits per heavy atom. The molecule has 1 amide bonds. The van der Waals surface area contributed by atoms with E-state index in [9.17, 15) is 14.4 Å². The van der Waals surface area contributed by atoms with Gasteiger partial charge in [-0.05, 0) is 32.0 Å². The summed E-state index contributed by atoms with van der Waals surface area (Å²) in [4.78, 5) is 38.2. The van der Waals surface area contributed by atoms with Gasteiger partial charge in [-0.2, -0.15) is 9.78 Å². The number of fused-ring (bicyclic) bond motifs is 1. The molecule has 0 radical (unpaired) electrons. The van der Waals surface area contributed by atoms with Crippen LogP contribution in [0.2, 0.25) is 0 Å². The molecule has 0 saturated carbocycles. The van der Waals surface area contributed by atoms with Crippen molar-refractivity contribution in [2.45, 2.75) is 20.0 Å². The minimum Gasteiger partial charge on any atom is -0.448 e. The predicted molar refractivity (Wildman–Crippen MR) is 112 cm³/mol. The van der Waals surface area contributed by atoms with Crippen molar-refractivity contribution in [1.82, 2.24) is 14.9 Å². The molecule has 9 nitrogen and oxygen atoms in total. The number of anilines is 1. The third-order valence-electron chi connectivity index (χ3n) is 4.53. The van der Waals surface area contributed by atoms with E-state index in [2.05, 4.69) is 15.6 Å². The maximum absolute atomic E-state index is 12.9. The van der Waals surface area contributed by atoms with E-state index in [1.807, 2.05) is 0 Å². The Labute approximate surface area is 176 Å². The van der Waals surface area contributed by atoms with E-state index in [4.69, 9.17) is 9.26 Å². The molecule has 4 aromatic rings. The molecule has 31 heavy (non-hydrogen) atoms. The lowest BCUT2D eigenvalue weighted by atomic mass is 10.1. The standard InChI is InChI=1S/C22H18N4O5/c1-13-12-18(25-31-13)23-20(27)14(2)30-22(29)19-16-10-6-7-11-17(16)21(28)26(24-19)15-8-4-3-5-9-15/h3-12,14H,1-2H3,(H,23,25,27). The number of carbonyl (C=O) groups excluding carboxylic acids is 2. The first kappa shape index (κ1) is 20.0. The van der Waals surface area contributed by atoms with E-state index < -0.39 is 18.0 Å². The smallest absolute Gasteiger partial charge is 0.360 e. The summed E-state index contributed by atoms with van der Waals surface area (Å²) in [6.45, 7) is 3.11. The lowest BCUT2D eigenvalue weighted by Gasteiger charge is -2.14. The van der Waals surface area contributed by atoms with Crippen molar-refractivity contribution in [2.24, 2.45) is 0 Å². The van der Waals surface area contributed by atoms with Crippen LogP contribution in [0.5, 0.6) is 0 Å². The number of benzene rings is 2. The summed E-state index contributed by atoms with van der Waals surface area (Å²) in [5.74, 6) is -0.674. The molecule has 2 heterocycles. The van der Waals surface area contributed by atoms with Gasteiger partial charge in [-0.1, -0.05) is 41.6 Å². The third-order valence-corrected chi connectivity index (χ3v) is 4.53. The van der Waals surface area contributed by atoms with Crippen LogP contribution in [0, 0.1) is 6.92 Å². The van der Waals surface area contributed by atoms with E-state index in [0.717, 1.165) is 4.68 Å². The van der Waals surface area contributed by atoms with Gasteiger partial charge in [0, 0.05) is 11.5 Å². The molecule has 9 heteroatoms. The summed E-state index contributed by atoms with van der Waals surface area (Å²) in [6.07, 6.45) is -1.14. The van der Waals surface area contributed by atoms with Gasteiger partial charge >= 0.3 is 5.97 Å². The maximum atomic E-state index is 12.9. The predicted octanol–water partition coefficient (Wildman–Crippen LogP) is 2.87. The number of amides is 1. The SMILES string of the molecule is Cc1cc(NC(=O)C(C)OC(=O)c2nn(-c3ccccc3)c(=O)c3ccccc23)no1. The maximum Gasteiger partial charge on any atom is 0.360 e. The number of nitrogens with one attached hydrogen (secondary N) is 1. The van der Waals surface area contributed by atoms with Crippen molar-refractivity contribution >= 4 is 28.5 Å². The van der Waals surface area contributed by atoms with E-state index in [1.54, 1.807) is 61.5 Å². The fourth-order valence-electron chi connectivity index (χ4n) is 3.01. The Kier molecular flexibility index (Phi) is 5.31. The van der Waals surface area contributed by atoms with Crippen LogP contribution in [0.3, 0.4) is 0 Å². The van der Waals surface area contributed by atoms with Gasteiger partial charge in [-0.3, -0.25) is 9.59 Å². The first-order chi connectivity index (χ1) is 14.9. The van der Waals surface area contributed by atoms with Gasteiger partial charge in [-0.15, -0.1) is 0 Å². The summed E-state index contributed by atoms with van der Waals surface area (Å²) in [7, 11) is 0. The third kappa shape index (κ3) is 4.06. The highest BCUT2D eigenvalue weighted by atomic mass is 16.5. The normalized spacial score (nSPS) is 11.8. The van der Waals surface area contributed by atoms with Crippen LogP contribution in [0.25, 0.3) is 16.5 Å². The van der Waals surface area contributed by atoms with Crippen LogP contribution < -0.4 is 10.9 Å². The number of rotatable bonds is 5. The van der Waals surface area contributed by atoms with Gasteiger partial charge in [0.25, 0.3) is 11.5 Å². The molecule has 4 rings (SSSR count). The zero-order valence-corrected chi connectivity index (χ0v) is 16.7. The quantitative estimate of drug-likeness (QED) is 0.495. The molecular weight excluding hydrogens is 400 g/mol. The summed E-state index contributed by atoms with van der Waals surface area (Å²) in [5, 5.41) is 11.1. The average Bonchev–Trinajstić information content (AvgIpc) is 3.19. The second-order valence-corrected chi connectivity index (χ2v) is 6.81. The Morgan fingerprint density at radius 2 is 1.74 bits per heavy atom. The molecule has 0 aliphatic heterocycles. The Balaban J connectivity index is 1.66. The van der Waals surface area contributed by atoms with Crippen LogP contribution in [0.15, 0.2) is 70.0 Å². The first-order valence-electron chi connectivity index (χ1n) is 9.46. The fraction of sp³-hybridized carbons (Fsp3) is 0.136.